The van der Waals surface area contributed by atoms with Crippen LogP contribution in [0.25, 0.3) is 0 Å². The van der Waals surface area contributed by atoms with Crippen LogP contribution in [-0.4, -0.2) is 26.0 Å². The van der Waals surface area contributed by atoms with E-state index in [9.17, 15) is 4.39 Å². The molecule has 1 atom stereocenters. The quantitative estimate of drug-likeness (QED) is 0.809. The molecule has 1 aliphatic heterocycles. The van der Waals surface area contributed by atoms with Gasteiger partial charge in [0.25, 0.3) is 0 Å². The number of hydrogen-bond acceptors (Lipinski definition) is 3. The number of thioether (sulfide) groups is 1. The Hall–Kier alpha value is -1.36. The maximum absolute atomic E-state index is 13.6. The molecule has 0 aromatic heterocycles. The van der Waals surface area contributed by atoms with Crippen LogP contribution in [0.1, 0.15) is 17.5 Å². The summed E-state index contributed by atoms with van der Waals surface area (Å²) in [5.74, 6) is -0.179. The molecular weight excluding hydrogens is 309 g/mol. The Kier molecular flexibility index (Phi) is 5.36. The van der Waals surface area contributed by atoms with Gasteiger partial charge in [0.15, 0.2) is 0 Å². The van der Waals surface area contributed by atoms with Crippen LogP contribution in [0.15, 0.2) is 53.4 Å². The second-order valence-electron chi connectivity index (χ2n) is 6.04. The highest BCUT2D eigenvalue weighted by Crippen LogP contribution is 2.33. The number of halogens is 1. The molecule has 1 saturated heterocycles. The second-order valence-corrected chi connectivity index (χ2v) is 6.92. The first kappa shape index (κ1) is 16.5. The zero-order chi connectivity index (χ0) is 16.1. The van der Waals surface area contributed by atoms with Crippen LogP contribution in [0.3, 0.4) is 0 Å². The highest BCUT2D eigenvalue weighted by molar-refractivity contribution is 7.98. The third kappa shape index (κ3) is 3.94. The van der Waals surface area contributed by atoms with E-state index in [1.54, 1.807) is 23.9 Å². The van der Waals surface area contributed by atoms with E-state index in [2.05, 4.69) is 35.8 Å². The third-order valence-electron chi connectivity index (χ3n) is 4.49. The molecule has 2 nitrogen and oxygen atoms in total. The summed E-state index contributed by atoms with van der Waals surface area (Å²) in [5, 5.41) is 3.53. The van der Waals surface area contributed by atoms with Crippen molar-refractivity contribution in [2.75, 3.05) is 26.0 Å². The van der Waals surface area contributed by atoms with Crippen LogP contribution >= 0.6 is 11.8 Å². The van der Waals surface area contributed by atoms with Gasteiger partial charge in [-0.2, -0.15) is 0 Å². The lowest BCUT2D eigenvalue weighted by Gasteiger charge is -2.28. The lowest BCUT2D eigenvalue weighted by Crippen LogP contribution is -2.38. The van der Waals surface area contributed by atoms with Crippen LogP contribution in [0.5, 0.6) is 0 Å². The smallest absolute Gasteiger partial charge is 0.123 e. The van der Waals surface area contributed by atoms with E-state index in [0.717, 1.165) is 31.7 Å². The minimum atomic E-state index is -0.179. The van der Waals surface area contributed by atoms with Gasteiger partial charge in [0.1, 0.15) is 5.82 Å². The Balaban J connectivity index is 1.66. The monoisotopic (exact) mass is 331 g/mol. The average Bonchev–Trinajstić information content (AvgIpc) is 3.06. The van der Waals surface area contributed by atoms with Gasteiger partial charge in [0.05, 0.1) is 6.61 Å². The van der Waals surface area contributed by atoms with E-state index < -0.39 is 0 Å². The summed E-state index contributed by atoms with van der Waals surface area (Å²) in [6, 6.07) is 15.5. The molecule has 122 valence electrons. The van der Waals surface area contributed by atoms with E-state index in [-0.39, 0.29) is 11.2 Å². The SMILES string of the molecule is CSc1ccc(CNC[C@@]2(c3cccc(F)c3)CCOC2)cc1. The maximum atomic E-state index is 13.6. The lowest BCUT2D eigenvalue weighted by atomic mass is 9.79. The average molecular weight is 331 g/mol. The zero-order valence-corrected chi connectivity index (χ0v) is 14.2. The molecule has 0 spiro atoms. The van der Waals surface area contributed by atoms with E-state index in [0.29, 0.717) is 6.61 Å². The van der Waals surface area contributed by atoms with E-state index in [4.69, 9.17) is 4.74 Å². The Morgan fingerprint density at radius 1 is 1.22 bits per heavy atom. The molecule has 0 amide bonds. The van der Waals surface area contributed by atoms with Gasteiger partial charge < -0.3 is 10.1 Å². The third-order valence-corrected chi connectivity index (χ3v) is 5.24. The second kappa shape index (κ2) is 7.47. The molecule has 3 rings (SSSR count). The molecule has 2 aromatic rings. The largest absolute Gasteiger partial charge is 0.380 e. The molecule has 0 bridgehead atoms. The molecule has 0 aliphatic carbocycles. The molecule has 0 saturated carbocycles. The first-order valence-corrected chi connectivity index (χ1v) is 9.12. The molecule has 1 N–H and O–H groups in total. The van der Waals surface area contributed by atoms with Gasteiger partial charge in [-0.25, -0.2) is 4.39 Å². The van der Waals surface area contributed by atoms with Gasteiger partial charge in [-0.3, -0.25) is 0 Å². The Morgan fingerprint density at radius 2 is 2.04 bits per heavy atom. The van der Waals surface area contributed by atoms with E-state index in [1.165, 1.54) is 16.5 Å². The van der Waals surface area contributed by atoms with Crippen molar-refractivity contribution < 1.29 is 9.13 Å². The van der Waals surface area contributed by atoms with Gasteiger partial charge >= 0.3 is 0 Å². The highest BCUT2D eigenvalue weighted by Gasteiger charge is 2.36. The summed E-state index contributed by atoms with van der Waals surface area (Å²) in [4.78, 5) is 1.27. The van der Waals surface area contributed by atoms with Crippen molar-refractivity contribution in [3.63, 3.8) is 0 Å². The minimum absolute atomic E-state index is 0.124. The summed E-state index contributed by atoms with van der Waals surface area (Å²) in [7, 11) is 0. The predicted octanol–water partition coefficient (Wildman–Crippen LogP) is 4.00. The summed E-state index contributed by atoms with van der Waals surface area (Å²) in [6.07, 6.45) is 3.00. The summed E-state index contributed by atoms with van der Waals surface area (Å²) < 4.78 is 19.2. The molecule has 4 heteroatoms. The summed E-state index contributed by atoms with van der Waals surface area (Å²) in [6.45, 7) is 2.99. The van der Waals surface area contributed by atoms with Crippen molar-refractivity contribution in [2.45, 2.75) is 23.3 Å². The van der Waals surface area contributed by atoms with Gasteiger partial charge in [-0.1, -0.05) is 24.3 Å². The Morgan fingerprint density at radius 3 is 2.70 bits per heavy atom. The zero-order valence-electron chi connectivity index (χ0n) is 13.3. The number of nitrogens with one attached hydrogen (secondary N) is 1. The Labute approximate surface area is 141 Å². The number of benzene rings is 2. The summed E-state index contributed by atoms with van der Waals surface area (Å²) >= 11 is 1.75. The molecule has 0 radical (unpaired) electrons. The van der Waals surface area contributed by atoms with Gasteiger partial charge in [0.2, 0.25) is 0 Å². The van der Waals surface area contributed by atoms with Gasteiger partial charge in [-0.05, 0) is 48.1 Å². The molecule has 23 heavy (non-hydrogen) atoms. The van der Waals surface area contributed by atoms with E-state index >= 15 is 0 Å². The molecule has 1 heterocycles. The molecule has 0 unspecified atom stereocenters. The van der Waals surface area contributed by atoms with Crippen LogP contribution in [0.4, 0.5) is 4.39 Å². The fourth-order valence-corrected chi connectivity index (χ4v) is 3.49. The predicted molar refractivity (Wildman–Crippen MR) is 93.4 cm³/mol. The highest BCUT2D eigenvalue weighted by atomic mass is 32.2. The molecule has 2 aromatic carbocycles. The minimum Gasteiger partial charge on any atom is -0.380 e. The summed E-state index contributed by atoms with van der Waals surface area (Å²) in [5.41, 5.74) is 2.16. The first-order valence-electron chi connectivity index (χ1n) is 7.89. The molecular formula is C19H22FNOS. The van der Waals surface area contributed by atoms with Crippen molar-refractivity contribution in [3.05, 3.63) is 65.5 Å². The normalized spacial score (nSPS) is 20.8. The van der Waals surface area contributed by atoms with Gasteiger partial charge in [0, 0.05) is 30.0 Å². The lowest BCUT2D eigenvalue weighted by molar-refractivity contribution is 0.176. The fourth-order valence-electron chi connectivity index (χ4n) is 3.08. The van der Waals surface area contributed by atoms with Crippen LogP contribution in [0, 0.1) is 5.82 Å². The van der Waals surface area contributed by atoms with Crippen molar-refractivity contribution in [1.29, 1.82) is 0 Å². The maximum Gasteiger partial charge on any atom is 0.123 e. The van der Waals surface area contributed by atoms with Gasteiger partial charge in [-0.15, -0.1) is 11.8 Å². The van der Waals surface area contributed by atoms with Crippen LogP contribution < -0.4 is 5.32 Å². The van der Waals surface area contributed by atoms with E-state index in [1.807, 2.05) is 6.07 Å². The molecule has 1 fully saturated rings. The number of ether oxygens (including phenoxy) is 1. The first-order chi connectivity index (χ1) is 11.2. The van der Waals surface area contributed by atoms with Crippen molar-refractivity contribution >= 4 is 11.8 Å². The van der Waals surface area contributed by atoms with Crippen molar-refractivity contribution in [1.82, 2.24) is 5.32 Å². The van der Waals surface area contributed by atoms with Crippen LogP contribution in [-0.2, 0) is 16.7 Å². The number of rotatable bonds is 6. The Bertz CT molecular complexity index is 638. The van der Waals surface area contributed by atoms with Crippen LogP contribution in [0.2, 0.25) is 0 Å². The number of hydrogen-bond donors (Lipinski definition) is 1. The molecule has 1 aliphatic rings. The van der Waals surface area contributed by atoms with Crippen molar-refractivity contribution in [2.24, 2.45) is 0 Å². The topological polar surface area (TPSA) is 21.3 Å². The standard InChI is InChI=1S/C19H22FNOS/c1-23-18-7-5-15(6-8-18)12-21-13-19(9-10-22-14-19)16-3-2-4-17(20)11-16/h2-8,11,21H,9-10,12-14H2,1H3/t19-/m0/s1. The van der Waals surface area contributed by atoms with Crippen molar-refractivity contribution in [3.8, 4) is 0 Å². The fraction of sp³-hybridized carbons (Fsp3) is 0.368.